The Morgan fingerprint density at radius 2 is 2.00 bits per heavy atom. The first kappa shape index (κ1) is 23.1. The maximum absolute atomic E-state index is 13.3. The number of ether oxygens (including phenoxy) is 1. The van der Waals surface area contributed by atoms with E-state index in [0.29, 0.717) is 23.3 Å². The summed E-state index contributed by atoms with van der Waals surface area (Å²) in [5.41, 5.74) is 6.28. The number of allylic oxidation sites excluding steroid dienone is 1. The largest absolute Gasteiger partial charge is 0.481 e. The van der Waals surface area contributed by atoms with E-state index < -0.39 is 17.5 Å². The number of dihydropyridines is 1. The van der Waals surface area contributed by atoms with Crippen molar-refractivity contribution in [1.29, 1.82) is 0 Å². The van der Waals surface area contributed by atoms with Crippen molar-refractivity contribution in [2.24, 2.45) is 10.7 Å². The molecule has 0 aliphatic carbocycles. The van der Waals surface area contributed by atoms with Crippen molar-refractivity contribution < 1.29 is 23.5 Å². The zero-order chi connectivity index (χ0) is 25.3. The number of carbonyl (C=O) groups is 3. The van der Waals surface area contributed by atoms with Gasteiger partial charge in [-0.25, -0.2) is 9.18 Å². The molecule has 9 nitrogen and oxygen atoms in total. The van der Waals surface area contributed by atoms with E-state index in [1.165, 1.54) is 17.2 Å². The number of nitrogens with zero attached hydrogens (tertiary/aromatic N) is 2. The third-order valence-electron chi connectivity index (χ3n) is 6.45. The number of rotatable bonds is 6. The number of benzene rings is 2. The lowest BCUT2D eigenvalue weighted by atomic mass is 9.87. The Morgan fingerprint density at radius 1 is 1.19 bits per heavy atom. The van der Waals surface area contributed by atoms with Gasteiger partial charge in [0.15, 0.2) is 12.1 Å². The molecule has 3 aliphatic rings. The van der Waals surface area contributed by atoms with Crippen molar-refractivity contribution in [3.63, 3.8) is 0 Å². The third-order valence-corrected chi connectivity index (χ3v) is 6.45. The second kappa shape index (κ2) is 9.19. The van der Waals surface area contributed by atoms with Gasteiger partial charge in [0.25, 0.3) is 11.8 Å². The highest BCUT2D eigenvalue weighted by Gasteiger charge is 2.50. The number of aliphatic imine (C=N–C) groups is 1. The van der Waals surface area contributed by atoms with Gasteiger partial charge in [-0.1, -0.05) is 30.3 Å². The molecule has 0 bridgehead atoms. The van der Waals surface area contributed by atoms with E-state index in [1.54, 1.807) is 42.5 Å². The van der Waals surface area contributed by atoms with Crippen molar-refractivity contribution in [2.75, 3.05) is 13.2 Å². The number of fused-ring (bicyclic) bond motifs is 1. The molecule has 4 amide bonds. The first-order valence-electron chi connectivity index (χ1n) is 11.3. The van der Waals surface area contributed by atoms with Crippen LogP contribution < -0.4 is 21.1 Å². The molecular formula is C26H22FN5O4. The van der Waals surface area contributed by atoms with E-state index in [9.17, 15) is 18.8 Å². The second-order valence-electron chi connectivity index (χ2n) is 8.64. The second-order valence-corrected chi connectivity index (χ2v) is 8.64. The number of nitrogens with one attached hydrogen (secondary N) is 2. The summed E-state index contributed by atoms with van der Waals surface area (Å²) < 4.78 is 18.8. The lowest BCUT2D eigenvalue weighted by Gasteiger charge is -2.31. The van der Waals surface area contributed by atoms with Crippen LogP contribution in [0.1, 0.15) is 39.5 Å². The number of imide groups is 1. The SMILES string of the molecule is NC#CCOc1ccc2c(c1)C(=O)N(C[C@@]1(c3ccc(C4CC=C(F)C=N4)cc3)NC(=O)NC1=O)C2. The molecule has 0 radical (unpaired) electrons. The summed E-state index contributed by atoms with van der Waals surface area (Å²) in [6, 6.07) is 13.6. The molecule has 182 valence electrons. The molecule has 2 atom stereocenters. The number of amides is 4. The Kier molecular flexibility index (Phi) is 5.90. The fourth-order valence-electron chi connectivity index (χ4n) is 4.61. The first-order valence-corrected chi connectivity index (χ1v) is 11.3. The minimum atomic E-state index is -1.47. The number of hydrogen-bond donors (Lipinski definition) is 3. The molecule has 3 aliphatic heterocycles. The van der Waals surface area contributed by atoms with Gasteiger partial charge in [0.1, 0.15) is 11.6 Å². The summed E-state index contributed by atoms with van der Waals surface area (Å²) in [4.78, 5) is 44.2. The molecule has 1 unspecified atom stereocenters. The van der Waals surface area contributed by atoms with E-state index in [2.05, 4.69) is 27.6 Å². The zero-order valence-electron chi connectivity index (χ0n) is 19.1. The average Bonchev–Trinajstić information content (AvgIpc) is 3.34. The average molecular weight is 487 g/mol. The van der Waals surface area contributed by atoms with Gasteiger partial charge in [-0.3, -0.25) is 19.9 Å². The predicted octanol–water partition coefficient (Wildman–Crippen LogP) is 2.04. The fourth-order valence-corrected chi connectivity index (χ4v) is 4.61. The van der Waals surface area contributed by atoms with Gasteiger partial charge in [0.05, 0.1) is 18.8 Å². The van der Waals surface area contributed by atoms with Gasteiger partial charge in [-0.05, 0) is 47.2 Å². The number of hydrogen-bond acceptors (Lipinski definition) is 6. The Morgan fingerprint density at radius 3 is 2.67 bits per heavy atom. The van der Waals surface area contributed by atoms with Gasteiger partial charge in [0.2, 0.25) is 0 Å². The van der Waals surface area contributed by atoms with Crippen LogP contribution in [0.15, 0.2) is 59.4 Å². The molecule has 3 heterocycles. The first-order chi connectivity index (χ1) is 17.4. The Balaban J connectivity index is 1.39. The van der Waals surface area contributed by atoms with Crippen molar-refractivity contribution in [2.45, 2.75) is 24.5 Å². The van der Waals surface area contributed by atoms with Crippen LogP contribution in [0.3, 0.4) is 0 Å². The monoisotopic (exact) mass is 487 g/mol. The molecule has 5 rings (SSSR count). The highest BCUT2D eigenvalue weighted by atomic mass is 19.1. The van der Waals surface area contributed by atoms with Crippen LogP contribution in [0.4, 0.5) is 9.18 Å². The molecule has 1 saturated heterocycles. The molecule has 0 saturated carbocycles. The number of nitrogens with two attached hydrogens (primary N) is 1. The van der Waals surface area contributed by atoms with Crippen LogP contribution in [0, 0.1) is 12.0 Å². The maximum Gasteiger partial charge on any atom is 0.322 e. The van der Waals surface area contributed by atoms with E-state index in [4.69, 9.17) is 10.5 Å². The number of urea groups is 1. The van der Waals surface area contributed by atoms with Crippen molar-refractivity contribution in [3.05, 3.63) is 76.6 Å². The van der Waals surface area contributed by atoms with E-state index in [-0.39, 0.29) is 37.5 Å². The summed E-state index contributed by atoms with van der Waals surface area (Å²) in [6.45, 7) is 0.298. The van der Waals surface area contributed by atoms with E-state index in [1.807, 2.05) is 0 Å². The molecular weight excluding hydrogens is 465 g/mol. The number of halogens is 1. The van der Waals surface area contributed by atoms with Gasteiger partial charge >= 0.3 is 6.03 Å². The molecule has 36 heavy (non-hydrogen) atoms. The highest BCUT2D eigenvalue weighted by Crippen LogP contribution is 2.34. The summed E-state index contributed by atoms with van der Waals surface area (Å²) in [5.74, 6) is 1.87. The number of carbonyl (C=O) groups excluding carboxylic acids is 3. The molecule has 0 spiro atoms. The van der Waals surface area contributed by atoms with E-state index >= 15 is 0 Å². The minimum Gasteiger partial charge on any atom is -0.481 e. The van der Waals surface area contributed by atoms with Gasteiger partial charge in [-0.15, -0.1) is 0 Å². The molecule has 4 N–H and O–H groups in total. The lowest BCUT2D eigenvalue weighted by Crippen LogP contribution is -2.52. The Bertz CT molecular complexity index is 1370. The summed E-state index contributed by atoms with van der Waals surface area (Å²) in [7, 11) is 0. The van der Waals surface area contributed by atoms with Crippen molar-refractivity contribution >= 4 is 24.1 Å². The standard InChI is InChI=1S/C26H22FN5O4/c27-19-7-9-22(29-13-19)16-2-5-18(6-3-16)26(24(34)30-25(35)31-26)15-32-14-17-4-8-20(36-11-1-10-28)12-21(17)23(32)33/h2-8,12-13,22H,9,11,14-15,28H2,(H2,30,31,34,35)/t22?,26-/m0/s1. The van der Waals surface area contributed by atoms with Crippen LogP contribution in [0.5, 0.6) is 5.75 Å². The quantitative estimate of drug-likeness (QED) is 0.327. The van der Waals surface area contributed by atoms with Gasteiger partial charge in [-0.2, -0.15) is 0 Å². The van der Waals surface area contributed by atoms with Crippen molar-refractivity contribution in [3.8, 4) is 17.7 Å². The fraction of sp³-hybridized carbons (Fsp3) is 0.231. The Hall–Kier alpha value is -4.65. The minimum absolute atomic E-state index is 0.0677. The maximum atomic E-state index is 13.3. The van der Waals surface area contributed by atoms with Crippen molar-refractivity contribution in [1.82, 2.24) is 15.5 Å². The molecule has 1 fully saturated rings. The molecule has 2 aromatic carbocycles. The molecule has 10 heteroatoms. The summed E-state index contributed by atoms with van der Waals surface area (Å²) in [5, 5.41) is 5.02. The smallest absolute Gasteiger partial charge is 0.322 e. The van der Waals surface area contributed by atoms with Crippen LogP contribution in [-0.2, 0) is 16.9 Å². The topological polar surface area (TPSA) is 126 Å². The van der Waals surface area contributed by atoms with Crippen LogP contribution in [-0.4, -0.2) is 42.1 Å². The van der Waals surface area contributed by atoms with Gasteiger partial charge < -0.3 is 20.7 Å². The normalized spacial score (nSPS) is 22.4. The zero-order valence-corrected chi connectivity index (χ0v) is 19.1. The van der Waals surface area contributed by atoms with E-state index in [0.717, 1.165) is 11.1 Å². The van der Waals surface area contributed by atoms with Crippen LogP contribution >= 0.6 is 0 Å². The summed E-state index contributed by atoms with van der Waals surface area (Å²) >= 11 is 0. The van der Waals surface area contributed by atoms with Crippen LogP contribution in [0.25, 0.3) is 0 Å². The molecule has 0 aromatic heterocycles. The van der Waals surface area contributed by atoms with Crippen LogP contribution in [0.2, 0.25) is 0 Å². The predicted molar refractivity (Wildman–Crippen MR) is 128 cm³/mol. The highest BCUT2D eigenvalue weighted by molar-refractivity contribution is 6.08. The molecule has 2 aromatic rings. The lowest BCUT2D eigenvalue weighted by molar-refractivity contribution is -0.124. The summed E-state index contributed by atoms with van der Waals surface area (Å²) in [6.07, 6.45) is 3.08. The van der Waals surface area contributed by atoms with Gasteiger partial charge in [0, 0.05) is 18.2 Å². The third kappa shape index (κ3) is 4.15. The Labute approximate surface area is 206 Å².